The van der Waals surface area contributed by atoms with Crippen LogP contribution in [0.5, 0.6) is 0 Å². The minimum absolute atomic E-state index is 0.0810. The number of hydrogen-bond acceptors (Lipinski definition) is 6. The molecule has 1 aliphatic heterocycles. The number of amides is 1. The summed E-state index contributed by atoms with van der Waals surface area (Å²) in [6, 6.07) is 11.0. The van der Waals surface area contributed by atoms with Gasteiger partial charge in [-0.2, -0.15) is 0 Å². The quantitative estimate of drug-likeness (QED) is 0.239. The van der Waals surface area contributed by atoms with E-state index >= 15 is 0 Å². The second-order valence-corrected chi connectivity index (χ2v) is 6.99. The first kappa shape index (κ1) is 19.7. The lowest BCUT2D eigenvalue weighted by atomic mass is 9.95. The van der Waals surface area contributed by atoms with Gasteiger partial charge in [0.25, 0.3) is 17.4 Å². The van der Waals surface area contributed by atoms with Crippen molar-refractivity contribution < 1.29 is 24.7 Å². The Morgan fingerprint density at radius 3 is 2.25 bits per heavy atom. The van der Waals surface area contributed by atoms with Gasteiger partial charge in [0.1, 0.15) is 5.76 Å². The molecule has 1 saturated heterocycles. The highest BCUT2D eigenvalue weighted by Crippen LogP contribution is 2.39. The van der Waals surface area contributed by atoms with Gasteiger partial charge in [-0.15, -0.1) is 0 Å². The Balaban J connectivity index is 2.14. The number of β-amino-alcohol motifs (C(OH)–C–C–N with tert-alkyl or cyclic N) is 1. The van der Waals surface area contributed by atoms with Crippen molar-refractivity contribution in [2.75, 3.05) is 13.2 Å². The lowest BCUT2D eigenvalue weighted by Crippen LogP contribution is -2.32. The minimum Gasteiger partial charge on any atom is -0.507 e. The van der Waals surface area contributed by atoms with Gasteiger partial charge in [0.2, 0.25) is 0 Å². The van der Waals surface area contributed by atoms with E-state index < -0.39 is 28.4 Å². The number of rotatable bonds is 5. The monoisotopic (exact) mass is 446 g/mol. The van der Waals surface area contributed by atoms with Crippen molar-refractivity contribution in [3.63, 3.8) is 0 Å². The van der Waals surface area contributed by atoms with Crippen molar-refractivity contribution in [2.45, 2.75) is 6.04 Å². The molecule has 1 aliphatic rings. The normalized spacial score (nSPS) is 18.5. The lowest BCUT2D eigenvalue weighted by Gasteiger charge is -2.24. The van der Waals surface area contributed by atoms with E-state index in [2.05, 4.69) is 15.9 Å². The zero-order valence-corrected chi connectivity index (χ0v) is 16.0. The van der Waals surface area contributed by atoms with Crippen molar-refractivity contribution in [2.24, 2.45) is 0 Å². The van der Waals surface area contributed by atoms with Gasteiger partial charge >= 0.3 is 0 Å². The van der Waals surface area contributed by atoms with E-state index in [0.717, 1.165) is 4.47 Å². The molecule has 0 radical (unpaired) electrons. The van der Waals surface area contributed by atoms with E-state index in [1.54, 1.807) is 24.3 Å². The fourth-order valence-electron chi connectivity index (χ4n) is 3.11. The molecule has 1 unspecified atom stereocenters. The van der Waals surface area contributed by atoms with Crippen LogP contribution in [0.1, 0.15) is 17.2 Å². The summed E-state index contributed by atoms with van der Waals surface area (Å²) in [5.41, 5.74) is 0.463. The number of ketones is 1. The second kappa shape index (κ2) is 7.91. The number of aliphatic hydroxyl groups excluding tert-OH is 2. The van der Waals surface area contributed by atoms with Crippen LogP contribution in [-0.4, -0.2) is 44.9 Å². The molecule has 0 aromatic heterocycles. The molecule has 0 saturated carbocycles. The van der Waals surface area contributed by atoms with Crippen LogP contribution in [-0.2, 0) is 9.59 Å². The molecule has 2 aromatic carbocycles. The van der Waals surface area contributed by atoms with Crippen molar-refractivity contribution in [3.05, 3.63) is 79.8 Å². The van der Waals surface area contributed by atoms with Crippen LogP contribution in [0, 0.1) is 10.1 Å². The molecule has 1 amide bonds. The average Bonchev–Trinajstić information content (AvgIpc) is 2.93. The van der Waals surface area contributed by atoms with Gasteiger partial charge in [-0.05, 0) is 29.8 Å². The van der Waals surface area contributed by atoms with E-state index in [1.807, 2.05) is 0 Å². The predicted molar refractivity (Wildman–Crippen MR) is 103 cm³/mol. The highest BCUT2D eigenvalue weighted by Gasteiger charge is 2.45. The van der Waals surface area contributed by atoms with Gasteiger partial charge in [0.15, 0.2) is 0 Å². The molecule has 3 rings (SSSR count). The molecule has 1 atom stereocenters. The Morgan fingerprint density at radius 1 is 1.11 bits per heavy atom. The standard InChI is InChI=1S/C19H15BrN2O6/c20-13-5-1-11(2-6-13)16-15(18(25)19(26)21(16)9-10-23)17(24)12-3-7-14(8-4-12)22(27)28/h1-8,16,23-24H,9-10H2/b17-15-. The first-order chi connectivity index (χ1) is 13.3. The van der Waals surface area contributed by atoms with Gasteiger partial charge in [-0.3, -0.25) is 19.7 Å². The fourth-order valence-corrected chi connectivity index (χ4v) is 3.37. The van der Waals surface area contributed by atoms with Gasteiger partial charge in [0.05, 0.1) is 23.1 Å². The SMILES string of the molecule is O=C1C(=O)N(CCO)C(c2ccc(Br)cc2)/C1=C(/O)c1ccc([N+](=O)[O-])cc1. The smallest absolute Gasteiger partial charge is 0.295 e. The van der Waals surface area contributed by atoms with Crippen LogP contribution in [0.15, 0.2) is 58.6 Å². The van der Waals surface area contributed by atoms with Crippen LogP contribution >= 0.6 is 15.9 Å². The number of nitrogens with zero attached hydrogens (tertiary/aromatic N) is 2. The third-order valence-corrected chi connectivity index (χ3v) is 4.95. The number of halogens is 1. The zero-order chi connectivity index (χ0) is 20.4. The summed E-state index contributed by atoms with van der Waals surface area (Å²) < 4.78 is 0.797. The molecule has 0 bridgehead atoms. The maximum Gasteiger partial charge on any atom is 0.295 e. The summed E-state index contributed by atoms with van der Waals surface area (Å²) in [5, 5.41) is 30.9. The van der Waals surface area contributed by atoms with Crippen LogP contribution in [0.25, 0.3) is 5.76 Å². The summed E-state index contributed by atoms with van der Waals surface area (Å²) in [4.78, 5) is 36.5. The summed E-state index contributed by atoms with van der Waals surface area (Å²) in [7, 11) is 0. The van der Waals surface area contributed by atoms with Crippen LogP contribution in [0.4, 0.5) is 5.69 Å². The molecular formula is C19H15BrN2O6. The fraction of sp³-hybridized carbons (Fsp3) is 0.158. The largest absolute Gasteiger partial charge is 0.507 e. The van der Waals surface area contributed by atoms with Crippen LogP contribution < -0.4 is 0 Å². The molecule has 9 heteroatoms. The number of aliphatic hydroxyl groups is 2. The van der Waals surface area contributed by atoms with Gasteiger partial charge in [0, 0.05) is 28.7 Å². The number of nitro benzene ring substituents is 1. The maximum atomic E-state index is 12.6. The molecular weight excluding hydrogens is 432 g/mol. The Bertz CT molecular complexity index is 969. The number of carbonyl (C=O) groups is 2. The van der Waals surface area contributed by atoms with E-state index in [9.17, 15) is 29.9 Å². The first-order valence-corrected chi connectivity index (χ1v) is 9.04. The van der Waals surface area contributed by atoms with Gasteiger partial charge < -0.3 is 15.1 Å². The Kier molecular flexibility index (Phi) is 5.57. The molecule has 8 nitrogen and oxygen atoms in total. The topological polar surface area (TPSA) is 121 Å². The number of benzene rings is 2. The van der Waals surface area contributed by atoms with Crippen molar-refractivity contribution in [1.29, 1.82) is 0 Å². The molecule has 2 N–H and O–H groups in total. The molecule has 0 spiro atoms. The van der Waals surface area contributed by atoms with Crippen LogP contribution in [0.2, 0.25) is 0 Å². The summed E-state index contributed by atoms with van der Waals surface area (Å²) in [6.45, 7) is -0.431. The summed E-state index contributed by atoms with van der Waals surface area (Å²) in [6.07, 6.45) is 0. The van der Waals surface area contributed by atoms with E-state index in [4.69, 9.17) is 0 Å². The minimum atomic E-state index is -0.879. The van der Waals surface area contributed by atoms with Gasteiger partial charge in [-0.1, -0.05) is 28.1 Å². The number of likely N-dealkylation sites (tertiary alicyclic amines) is 1. The molecule has 1 heterocycles. The number of nitro groups is 1. The lowest BCUT2D eigenvalue weighted by molar-refractivity contribution is -0.384. The Labute approximate surface area is 168 Å². The first-order valence-electron chi connectivity index (χ1n) is 8.24. The molecule has 144 valence electrons. The summed E-state index contributed by atoms with van der Waals surface area (Å²) in [5.74, 6) is -2.13. The van der Waals surface area contributed by atoms with Crippen molar-refractivity contribution in [3.8, 4) is 0 Å². The third-order valence-electron chi connectivity index (χ3n) is 4.42. The van der Waals surface area contributed by atoms with Crippen molar-refractivity contribution in [1.82, 2.24) is 4.90 Å². The predicted octanol–water partition coefficient (Wildman–Crippen LogP) is 2.77. The van der Waals surface area contributed by atoms with Gasteiger partial charge in [-0.25, -0.2) is 0 Å². The van der Waals surface area contributed by atoms with Crippen LogP contribution in [0.3, 0.4) is 0 Å². The number of Topliss-reactive ketones (excluding diaryl/α,β-unsaturated/α-hetero) is 1. The third kappa shape index (κ3) is 3.54. The maximum absolute atomic E-state index is 12.6. The second-order valence-electron chi connectivity index (χ2n) is 6.07. The molecule has 1 fully saturated rings. The Hall–Kier alpha value is -3.04. The number of non-ortho nitro benzene ring substituents is 1. The summed E-state index contributed by atoms with van der Waals surface area (Å²) >= 11 is 3.32. The molecule has 2 aromatic rings. The number of hydrogen-bond donors (Lipinski definition) is 2. The highest BCUT2D eigenvalue weighted by molar-refractivity contribution is 9.10. The highest BCUT2D eigenvalue weighted by atomic mass is 79.9. The zero-order valence-electron chi connectivity index (χ0n) is 14.4. The molecule has 0 aliphatic carbocycles. The van der Waals surface area contributed by atoms with E-state index in [-0.39, 0.29) is 30.0 Å². The Morgan fingerprint density at radius 2 is 1.71 bits per heavy atom. The van der Waals surface area contributed by atoms with E-state index in [1.165, 1.54) is 29.2 Å². The number of carbonyl (C=O) groups excluding carboxylic acids is 2. The van der Waals surface area contributed by atoms with E-state index in [0.29, 0.717) is 5.56 Å². The average molecular weight is 447 g/mol. The van der Waals surface area contributed by atoms with Crippen molar-refractivity contribution >= 4 is 39.1 Å². The molecule has 28 heavy (non-hydrogen) atoms.